The molecule has 10 heavy (non-hydrogen) atoms. The molecular weight excluding hydrogens is 136 g/mol. The Morgan fingerprint density at radius 3 is 1.50 bits per heavy atom. The van der Waals surface area contributed by atoms with Gasteiger partial charge in [0.1, 0.15) is 0 Å². The maximum atomic E-state index is 8.58. The van der Waals surface area contributed by atoms with E-state index in [-0.39, 0.29) is 0 Å². The molecule has 1 saturated heterocycles. The topological polar surface area (TPSA) is 93.2 Å². The first-order valence-corrected chi connectivity index (χ1v) is 3.04. The Labute approximate surface area is 58.9 Å². The summed E-state index contributed by atoms with van der Waals surface area (Å²) in [5.41, 5.74) is 0. The van der Waals surface area contributed by atoms with Gasteiger partial charge in [-0.25, -0.2) is 10.1 Å². The predicted molar refractivity (Wildman–Crippen MR) is 36.9 cm³/mol. The van der Waals surface area contributed by atoms with Gasteiger partial charge in [-0.05, 0) is 0 Å². The molecule has 0 unspecified atom stereocenters. The average molecular weight is 148 g/mol. The van der Waals surface area contributed by atoms with Crippen molar-refractivity contribution in [2.45, 2.75) is 0 Å². The second-order valence-electron chi connectivity index (χ2n) is 1.79. The van der Waals surface area contributed by atoms with E-state index in [0.29, 0.717) is 0 Å². The molecule has 0 aliphatic carbocycles. The van der Waals surface area contributed by atoms with Gasteiger partial charge >= 0.3 is 0 Å². The third kappa shape index (κ3) is 10.2. The summed E-state index contributed by atoms with van der Waals surface area (Å²) in [7, 11) is 0. The van der Waals surface area contributed by atoms with Gasteiger partial charge in [0.2, 0.25) is 0 Å². The SMILES string of the molecule is C1CNCCN1.N[N+](=O)[O-]. The summed E-state index contributed by atoms with van der Waals surface area (Å²) >= 11 is 0. The van der Waals surface area contributed by atoms with Crippen molar-refractivity contribution in [1.82, 2.24) is 10.6 Å². The molecule has 1 heterocycles. The van der Waals surface area contributed by atoms with Crippen LogP contribution in [0.2, 0.25) is 0 Å². The van der Waals surface area contributed by atoms with Crippen molar-refractivity contribution in [3.63, 3.8) is 0 Å². The summed E-state index contributed by atoms with van der Waals surface area (Å²) in [5, 5.41) is 14.0. The molecule has 0 saturated carbocycles. The van der Waals surface area contributed by atoms with Crippen LogP contribution in [0.25, 0.3) is 0 Å². The fraction of sp³-hybridized carbons (Fsp3) is 1.00. The fourth-order valence-corrected chi connectivity index (χ4v) is 0.604. The van der Waals surface area contributed by atoms with Crippen LogP contribution in [0.4, 0.5) is 0 Å². The lowest BCUT2D eigenvalue weighted by Crippen LogP contribution is -2.39. The van der Waals surface area contributed by atoms with Gasteiger partial charge in [0.05, 0.1) is 0 Å². The van der Waals surface area contributed by atoms with Gasteiger partial charge in [0.25, 0.3) is 0 Å². The monoisotopic (exact) mass is 148 g/mol. The largest absolute Gasteiger partial charge is 0.314 e. The van der Waals surface area contributed by atoms with Crippen LogP contribution >= 0.6 is 0 Å². The Kier molecular flexibility index (Phi) is 5.69. The number of hydrogen-bond acceptors (Lipinski definition) is 4. The molecule has 1 aliphatic rings. The normalized spacial score (nSPS) is 16.8. The molecule has 60 valence electrons. The maximum absolute atomic E-state index is 8.58. The molecule has 0 atom stereocenters. The summed E-state index contributed by atoms with van der Waals surface area (Å²) in [6.07, 6.45) is 0. The first-order valence-electron chi connectivity index (χ1n) is 3.04. The Hall–Kier alpha value is -0.880. The van der Waals surface area contributed by atoms with Gasteiger partial charge in [-0.2, -0.15) is 5.84 Å². The van der Waals surface area contributed by atoms with Crippen LogP contribution in [0.5, 0.6) is 0 Å². The van der Waals surface area contributed by atoms with E-state index >= 15 is 0 Å². The Morgan fingerprint density at radius 2 is 1.40 bits per heavy atom. The van der Waals surface area contributed by atoms with E-state index in [9.17, 15) is 0 Å². The van der Waals surface area contributed by atoms with Gasteiger partial charge < -0.3 is 10.6 Å². The standard InChI is InChI=1S/C4H10N2.H2N2O2/c1-2-6-4-3-5-1;1-2(3)4/h5-6H,1-4H2;1H2. The van der Waals surface area contributed by atoms with Crippen molar-refractivity contribution in [2.75, 3.05) is 26.2 Å². The first kappa shape index (κ1) is 9.12. The highest BCUT2D eigenvalue weighted by Crippen LogP contribution is 1.65. The van der Waals surface area contributed by atoms with E-state index in [4.69, 9.17) is 10.1 Å². The number of rotatable bonds is 0. The van der Waals surface area contributed by atoms with Gasteiger partial charge in [0, 0.05) is 26.2 Å². The number of hydrazine groups is 1. The molecule has 1 rings (SSSR count). The van der Waals surface area contributed by atoms with Crippen LogP contribution in [0.3, 0.4) is 0 Å². The summed E-state index contributed by atoms with van der Waals surface area (Å²) in [6, 6.07) is 0. The quantitative estimate of drug-likeness (QED) is 0.217. The van der Waals surface area contributed by atoms with Crippen LogP contribution in [0.1, 0.15) is 0 Å². The lowest BCUT2D eigenvalue weighted by molar-refractivity contribution is -0.491. The molecule has 4 N–H and O–H groups in total. The van der Waals surface area contributed by atoms with E-state index < -0.39 is 5.03 Å². The highest BCUT2D eigenvalue weighted by atomic mass is 16.7. The van der Waals surface area contributed by atoms with Crippen molar-refractivity contribution in [3.05, 3.63) is 10.1 Å². The fourth-order valence-electron chi connectivity index (χ4n) is 0.604. The van der Waals surface area contributed by atoms with Gasteiger partial charge in [-0.1, -0.05) is 0 Å². The average Bonchev–Trinajstić information content (AvgIpc) is 1.90. The maximum Gasteiger partial charge on any atom is 0.154 e. The summed E-state index contributed by atoms with van der Waals surface area (Å²) in [5.74, 6) is 3.83. The Morgan fingerprint density at radius 1 is 1.20 bits per heavy atom. The van der Waals surface area contributed by atoms with Crippen molar-refractivity contribution >= 4 is 0 Å². The third-order valence-corrected chi connectivity index (χ3v) is 0.957. The van der Waals surface area contributed by atoms with Crippen LogP contribution in [0, 0.1) is 10.1 Å². The number of hydrogen-bond donors (Lipinski definition) is 3. The van der Waals surface area contributed by atoms with E-state index in [1.54, 1.807) is 0 Å². The van der Waals surface area contributed by atoms with Crippen LogP contribution in [-0.2, 0) is 0 Å². The minimum absolute atomic E-state index is 1.00. The molecule has 1 aliphatic heterocycles. The molecule has 6 heteroatoms. The smallest absolute Gasteiger partial charge is 0.154 e. The molecule has 1 fully saturated rings. The lowest BCUT2D eigenvalue weighted by Gasteiger charge is -2.11. The highest BCUT2D eigenvalue weighted by Gasteiger charge is 1.91. The zero-order chi connectivity index (χ0) is 7.82. The zero-order valence-corrected chi connectivity index (χ0v) is 5.67. The van der Waals surface area contributed by atoms with E-state index in [2.05, 4.69) is 16.5 Å². The second-order valence-corrected chi connectivity index (χ2v) is 1.79. The van der Waals surface area contributed by atoms with Crippen LogP contribution < -0.4 is 16.5 Å². The van der Waals surface area contributed by atoms with Crippen molar-refractivity contribution in [2.24, 2.45) is 5.84 Å². The molecule has 6 nitrogen and oxygen atoms in total. The van der Waals surface area contributed by atoms with Gasteiger partial charge in [0.15, 0.2) is 5.03 Å². The zero-order valence-electron chi connectivity index (χ0n) is 5.67. The summed E-state index contributed by atoms with van der Waals surface area (Å²) < 4.78 is 0. The summed E-state index contributed by atoms with van der Waals surface area (Å²) in [6.45, 7) is 4.56. The molecule has 0 amide bonds. The number of nitrogens with two attached hydrogens (primary N) is 1. The van der Waals surface area contributed by atoms with Crippen molar-refractivity contribution in [1.29, 1.82) is 0 Å². The first-order chi connectivity index (χ1) is 4.73. The molecule has 0 aromatic rings. The molecule has 0 bridgehead atoms. The summed E-state index contributed by atoms with van der Waals surface area (Å²) in [4.78, 5) is 8.58. The number of nitrogens with one attached hydrogen (secondary N) is 2. The van der Waals surface area contributed by atoms with E-state index in [1.807, 2.05) is 0 Å². The Bertz CT molecular complexity index is 77.7. The number of nitrogens with zero attached hydrogens (tertiary/aromatic N) is 1. The van der Waals surface area contributed by atoms with Crippen molar-refractivity contribution < 1.29 is 5.03 Å². The van der Waals surface area contributed by atoms with E-state index in [0.717, 1.165) is 26.2 Å². The van der Waals surface area contributed by atoms with Crippen molar-refractivity contribution in [3.8, 4) is 0 Å². The Balaban J connectivity index is 0.000000180. The number of piperazine rings is 1. The van der Waals surface area contributed by atoms with Gasteiger partial charge in [-0.15, -0.1) is 0 Å². The second kappa shape index (κ2) is 6.24. The lowest BCUT2D eigenvalue weighted by atomic mass is 10.4. The highest BCUT2D eigenvalue weighted by molar-refractivity contribution is 4.59. The predicted octanol–water partition coefficient (Wildman–Crippen LogP) is -1.68. The molecule has 0 aromatic heterocycles. The minimum atomic E-state index is -1.00. The van der Waals surface area contributed by atoms with Crippen LogP contribution in [-0.4, -0.2) is 31.2 Å². The minimum Gasteiger partial charge on any atom is -0.314 e. The van der Waals surface area contributed by atoms with Crippen LogP contribution in [0.15, 0.2) is 0 Å². The molecule has 0 aromatic carbocycles. The molecule has 0 spiro atoms. The third-order valence-electron chi connectivity index (χ3n) is 0.957. The number of nitro groups is 1. The van der Waals surface area contributed by atoms with Gasteiger partial charge in [-0.3, -0.25) is 0 Å². The molecular formula is C4H12N4O2. The van der Waals surface area contributed by atoms with E-state index in [1.165, 1.54) is 0 Å². The molecule has 0 radical (unpaired) electrons.